The van der Waals surface area contributed by atoms with E-state index in [4.69, 9.17) is 0 Å². The largest absolute Gasteiger partial charge is 0.265 e. The SMILES string of the molecule is CCCCCCCCCCCCS(=O)(=O)N1CCCS/C1=C\[N+](=O)[O-]. The van der Waals surface area contributed by atoms with Gasteiger partial charge in [0.25, 0.3) is 6.20 Å². The van der Waals surface area contributed by atoms with Gasteiger partial charge in [-0.25, -0.2) is 8.42 Å². The zero-order chi connectivity index (χ0) is 18.5. The number of rotatable bonds is 13. The molecule has 0 aromatic rings. The molecule has 1 fully saturated rings. The van der Waals surface area contributed by atoms with Crippen LogP contribution in [0.15, 0.2) is 11.2 Å². The van der Waals surface area contributed by atoms with E-state index in [1.165, 1.54) is 54.6 Å². The van der Waals surface area contributed by atoms with Crippen molar-refractivity contribution in [3.8, 4) is 0 Å². The van der Waals surface area contributed by atoms with Crippen LogP contribution >= 0.6 is 11.8 Å². The summed E-state index contributed by atoms with van der Waals surface area (Å²) in [5.41, 5.74) is 0. The number of unbranched alkanes of at least 4 members (excludes halogenated alkanes) is 9. The van der Waals surface area contributed by atoms with Crippen LogP contribution in [0.3, 0.4) is 0 Å². The van der Waals surface area contributed by atoms with Crippen molar-refractivity contribution < 1.29 is 13.3 Å². The highest BCUT2D eigenvalue weighted by atomic mass is 32.2. The van der Waals surface area contributed by atoms with E-state index in [9.17, 15) is 18.5 Å². The average Bonchev–Trinajstić information content (AvgIpc) is 2.56. The van der Waals surface area contributed by atoms with Crippen molar-refractivity contribution in [2.45, 2.75) is 77.6 Å². The highest BCUT2D eigenvalue weighted by Crippen LogP contribution is 2.29. The number of sulfonamides is 1. The van der Waals surface area contributed by atoms with Gasteiger partial charge in [0.2, 0.25) is 10.0 Å². The number of hydrogen-bond donors (Lipinski definition) is 0. The Labute approximate surface area is 156 Å². The summed E-state index contributed by atoms with van der Waals surface area (Å²) >= 11 is 1.25. The second kappa shape index (κ2) is 12.6. The van der Waals surface area contributed by atoms with Crippen molar-refractivity contribution in [1.82, 2.24) is 4.31 Å². The lowest BCUT2D eigenvalue weighted by Gasteiger charge is -2.28. The molecular weight excluding hydrogens is 360 g/mol. The van der Waals surface area contributed by atoms with Crippen molar-refractivity contribution in [2.75, 3.05) is 18.1 Å². The lowest BCUT2D eigenvalue weighted by atomic mass is 10.1. The molecule has 1 heterocycles. The molecule has 1 aliphatic rings. The third kappa shape index (κ3) is 9.49. The van der Waals surface area contributed by atoms with E-state index in [0.29, 0.717) is 13.0 Å². The Hall–Kier alpha value is -0.760. The summed E-state index contributed by atoms with van der Waals surface area (Å²) < 4.78 is 26.2. The van der Waals surface area contributed by atoms with Crippen molar-refractivity contribution in [3.05, 3.63) is 21.3 Å². The molecule has 1 aliphatic heterocycles. The fraction of sp³-hybridized carbons (Fsp3) is 0.882. The molecule has 6 nitrogen and oxygen atoms in total. The van der Waals surface area contributed by atoms with Gasteiger partial charge in [-0.1, -0.05) is 64.7 Å². The van der Waals surface area contributed by atoms with E-state index in [2.05, 4.69) is 6.92 Å². The zero-order valence-electron chi connectivity index (χ0n) is 15.3. The molecule has 1 rings (SSSR count). The van der Waals surface area contributed by atoms with Gasteiger partial charge in [0.05, 0.1) is 10.7 Å². The second-order valence-corrected chi connectivity index (χ2v) is 9.65. The van der Waals surface area contributed by atoms with Crippen LogP contribution in [0, 0.1) is 10.1 Å². The van der Waals surface area contributed by atoms with Crippen molar-refractivity contribution in [1.29, 1.82) is 0 Å². The van der Waals surface area contributed by atoms with Gasteiger partial charge < -0.3 is 0 Å². The third-order valence-electron chi connectivity index (χ3n) is 4.31. The molecule has 0 N–H and O–H groups in total. The van der Waals surface area contributed by atoms with E-state index in [1.54, 1.807) is 0 Å². The Balaban J connectivity index is 2.25. The van der Waals surface area contributed by atoms with E-state index in [0.717, 1.165) is 37.6 Å². The van der Waals surface area contributed by atoms with E-state index in [-0.39, 0.29) is 10.8 Å². The highest BCUT2D eigenvalue weighted by Gasteiger charge is 2.29. The van der Waals surface area contributed by atoms with Crippen LogP contribution in [0.4, 0.5) is 0 Å². The molecule has 0 unspecified atom stereocenters. The minimum atomic E-state index is -3.45. The Morgan fingerprint density at radius 3 is 2.20 bits per heavy atom. The molecule has 0 spiro atoms. The first-order valence-corrected chi connectivity index (χ1v) is 12.1. The topological polar surface area (TPSA) is 80.5 Å². The molecule has 0 aliphatic carbocycles. The number of nitrogens with zero attached hydrogens (tertiary/aromatic N) is 2. The maximum Gasteiger partial charge on any atom is 0.265 e. The minimum absolute atomic E-state index is 0.0825. The van der Waals surface area contributed by atoms with Crippen molar-refractivity contribution in [2.24, 2.45) is 0 Å². The van der Waals surface area contributed by atoms with Crippen LogP contribution in [0.25, 0.3) is 0 Å². The fourth-order valence-corrected chi connectivity index (χ4v) is 5.81. The molecule has 0 amide bonds. The van der Waals surface area contributed by atoms with Crippen molar-refractivity contribution in [3.63, 3.8) is 0 Å². The van der Waals surface area contributed by atoms with Crippen LogP contribution in [0.2, 0.25) is 0 Å². The van der Waals surface area contributed by atoms with Gasteiger partial charge in [-0.15, -0.1) is 11.8 Å². The summed E-state index contributed by atoms with van der Waals surface area (Å²) in [5, 5.41) is 10.9. The maximum absolute atomic E-state index is 12.5. The monoisotopic (exact) mass is 392 g/mol. The van der Waals surface area contributed by atoms with Crippen LogP contribution in [-0.4, -0.2) is 35.7 Å². The summed E-state index contributed by atoms with van der Waals surface area (Å²) in [6.07, 6.45) is 13.0. The number of hydrogen-bond acceptors (Lipinski definition) is 5. The Kier molecular flexibility index (Phi) is 11.2. The van der Waals surface area contributed by atoms with Gasteiger partial charge in [-0.3, -0.25) is 14.4 Å². The summed E-state index contributed by atoms with van der Waals surface area (Å²) in [5.74, 6) is 0.809. The van der Waals surface area contributed by atoms with E-state index < -0.39 is 14.9 Å². The molecule has 146 valence electrons. The third-order valence-corrected chi connectivity index (χ3v) is 7.39. The Morgan fingerprint density at radius 2 is 1.64 bits per heavy atom. The first-order valence-electron chi connectivity index (χ1n) is 9.46. The first kappa shape index (κ1) is 22.3. The standard InChI is InChI=1S/C17H32N2O4S2/c1-2-3-4-5-6-7-8-9-10-11-15-25(22,23)18-13-12-14-24-17(18)16-19(20)21/h16H,2-15H2,1H3/b17-16-. The molecule has 25 heavy (non-hydrogen) atoms. The molecule has 0 saturated carbocycles. The predicted molar refractivity (Wildman–Crippen MR) is 104 cm³/mol. The summed E-state index contributed by atoms with van der Waals surface area (Å²) in [6.45, 7) is 2.57. The summed E-state index contributed by atoms with van der Waals surface area (Å²) in [7, 11) is -3.45. The molecule has 0 aromatic heterocycles. The number of nitro groups is 1. The fourth-order valence-electron chi connectivity index (χ4n) is 2.92. The maximum atomic E-state index is 12.5. The molecule has 8 heteroatoms. The van der Waals surface area contributed by atoms with Crippen LogP contribution in [0.5, 0.6) is 0 Å². The van der Waals surface area contributed by atoms with E-state index in [1.807, 2.05) is 0 Å². The van der Waals surface area contributed by atoms with E-state index >= 15 is 0 Å². The van der Waals surface area contributed by atoms with Gasteiger partial charge in [0.1, 0.15) is 0 Å². The highest BCUT2D eigenvalue weighted by molar-refractivity contribution is 8.04. The van der Waals surface area contributed by atoms with Crippen LogP contribution in [0.1, 0.15) is 77.6 Å². The summed E-state index contributed by atoms with van der Waals surface area (Å²) in [4.78, 5) is 10.1. The average molecular weight is 393 g/mol. The van der Waals surface area contributed by atoms with Gasteiger partial charge in [-0.2, -0.15) is 0 Å². The number of thioether (sulfide) groups is 1. The van der Waals surface area contributed by atoms with Gasteiger partial charge in [0.15, 0.2) is 5.03 Å². The second-order valence-electron chi connectivity index (χ2n) is 6.52. The molecule has 0 atom stereocenters. The zero-order valence-corrected chi connectivity index (χ0v) is 17.0. The lowest BCUT2D eigenvalue weighted by molar-refractivity contribution is -0.403. The molecule has 0 radical (unpaired) electrons. The Morgan fingerprint density at radius 1 is 1.08 bits per heavy atom. The molecular formula is C17H32N2O4S2. The van der Waals surface area contributed by atoms with Gasteiger partial charge in [-0.05, 0) is 12.8 Å². The van der Waals surface area contributed by atoms with Crippen molar-refractivity contribution >= 4 is 21.8 Å². The minimum Gasteiger partial charge on any atom is -0.259 e. The summed E-state index contributed by atoms with van der Waals surface area (Å²) in [6, 6.07) is 0. The van der Waals surface area contributed by atoms with Crippen LogP contribution in [-0.2, 0) is 10.0 Å². The predicted octanol–water partition coefficient (Wildman–Crippen LogP) is 4.75. The first-order chi connectivity index (χ1) is 12.0. The smallest absolute Gasteiger partial charge is 0.259 e. The lowest BCUT2D eigenvalue weighted by Crippen LogP contribution is -2.35. The van der Waals surface area contributed by atoms with Gasteiger partial charge >= 0.3 is 0 Å². The normalized spacial score (nSPS) is 17.2. The van der Waals surface area contributed by atoms with Crippen LogP contribution < -0.4 is 0 Å². The molecule has 1 saturated heterocycles. The Bertz CT molecular complexity index is 521. The molecule has 0 aromatic carbocycles. The van der Waals surface area contributed by atoms with Gasteiger partial charge in [0, 0.05) is 12.3 Å². The molecule has 0 bridgehead atoms. The quantitative estimate of drug-likeness (QED) is 0.257.